The van der Waals surface area contributed by atoms with Gasteiger partial charge in [0, 0.05) is 24.5 Å². The molecule has 0 saturated carbocycles. The Hall–Kier alpha value is 0.0600. The lowest BCUT2D eigenvalue weighted by Gasteiger charge is -2.29. The molecule has 1 rings (SSSR count). The van der Waals surface area contributed by atoms with E-state index in [4.69, 9.17) is 10.5 Å². The molecule has 2 nitrogen and oxygen atoms in total. The van der Waals surface area contributed by atoms with E-state index in [2.05, 4.69) is 0 Å². The quantitative estimate of drug-likeness (QED) is 0.825. The van der Waals surface area contributed by atoms with Crippen LogP contribution in [0.25, 0.3) is 0 Å². The van der Waals surface area contributed by atoms with Crippen LogP contribution in [0.1, 0.15) is 19.8 Å². The summed E-state index contributed by atoms with van der Waals surface area (Å²) in [6, 6.07) is -0.863. The zero-order valence-electron chi connectivity index (χ0n) is 8.59. The minimum atomic E-state index is -4.21. The van der Waals surface area contributed by atoms with Crippen molar-refractivity contribution in [2.24, 2.45) is 5.73 Å². The molecule has 1 fully saturated rings. The molecular formula is C9H16F3NOS. The lowest BCUT2D eigenvalue weighted by atomic mass is 10.2. The highest BCUT2D eigenvalue weighted by molar-refractivity contribution is 8.00. The summed E-state index contributed by atoms with van der Waals surface area (Å²) >= 11 is 0.951. The van der Waals surface area contributed by atoms with E-state index in [0.29, 0.717) is 26.1 Å². The summed E-state index contributed by atoms with van der Waals surface area (Å²) in [6.07, 6.45) is -2.84. The molecule has 0 aromatic rings. The van der Waals surface area contributed by atoms with Crippen LogP contribution in [0.2, 0.25) is 0 Å². The highest BCUT2D eigenvalue weighted by Crippen LogP contribution is 2.37. The molecule has 2 N–H and O–H groups in total. The van der Waals surface area contributed by atoms with E-state index in [-0.39, 0.29) is 5.25 Å². The molecule has 1 heterocycles. The minimum Gasteiger partial charge on any atom is -0.381 e. The lowest BCUT2D eigenvalue weighted by molar-refractivity contribution is -0.131. The highest BCUT2D eigenvalue weighted by Gasteiger charge is 2.43. The molecule has 0 bridgehead atoms. The fourth-order valence-electron chi connectivity index (χ4n) is 1.52. The van der Waals surface area contributed by atoms with Gasteiger partial charge in [-0.25, -0.2) is 0 Å². The Bertz CT molecular complexity index is 192. The molecule has 0 aliphatic carbocycles. The molecule has 1 aliphatic heterocycles. The average Bonchev–Trinajstić information content (AvgIpc) is 2.13. The van der Waals surface area contributed by atoms with Crippen LogP contribution in [0.15, 0.2) is 0 Å². The molecule has 0 radical (unpaired) electrons. The number of halogens is 3. The molecule has 2 unspecified atom stereocenters. The van der Waals surface area contributed by atoms with Crippen molar-refractivity contribution in [2.45, 2.75) is 42.5 Å². The minimum absolute atomic E-state index is 0.0244. The number of rotatable bonds is 3. The van der Waals surface area contributed by atoms with Gasteiger partial charge in [0.15, 0.2) is 0 Å². The van der Waals surface area contributed by atoms with Crippen LogP contribution in [0.4, 0.5) is 13.2 Å². The van der Waals surface area contributed by atoms with Gasteiger partial charge < -0.3 is 10.5 Å². The van der Waals surface area contributed by atoms with Crippen molar-refractivity contribution in [1.82, 2.24) is 0 Å². The van der Waals surface area contributed by atoms with Gasteiger partial charge in [-0.1, -0.05) is 0 Å². The molecule has 1 aliphatic rings. The largest absolute Gasteiger partial charge is 0.402 e. The zero-order valence-corrected chi connectivity index (χ0v) is 9.40. The third-order valence-corrected chi connectivity index (χ3v) is 4.15. The van der Waals surface area contributed by atoms with Crippen LogP contribution < -0.4 is 5.73 Å². The van der Waals surface area contributed by atoms with Gasteiger partial charge >= 0.3 is 6.18 Å². The Labute approximate surface area is 91.7 Å². The molecule has 0 aromatic heterocycles. The van der Waals surface area contributed by atoms with Gasteiger partial charge in [-0.2, -0.15) is 13.2 Å². The molecule has 0 spiro atoms. The van der Waals surface area contributed by atoms with Crippen molar-refractivity contribution < 1.29 is 17.9 Å². The molecular weight excluding hydrogens is 227 g/mol. The molecule has 0 amide bonds. The predicted octanol–water partition coefficient (Wildman–Crippen LogP) is 2.18. The molecule has 0 aromatic carbocycles. The number of hydrogen-bond acceptors (Lipinski definition) is 3. The topological polar surface area (TPSA) is 35.2 Å². The third kappa shape index (κ3) is 4.20. The fourth-order valence-corrected chi connectivity index (χ4v) is 2.80. The smallest absolute Gasteiger partial charge is 0.381 e. The van der Waals surface area contributed by atoms with Gasteiger partial charge in [-0.15, -0.1) is 11.8 Å². The van der Waals surface area contributed by atoms with Crippen molar-refractivity contribution in [1.29, 1.82) is 0 Å². The first kappa shape index (κ1) is 13.1. The maximum absolute atomic E-state index is 12.6. The number of ether oxygens (including phenoxy) is 1. The van der Waals surface area contributed by atoms with E-state index in [1.807, 2.05) is 0 Å². The second-order valence-electron chi connectivity index (χ2n) is 3.77. The van der Waals surface area contributed by atoms with Gasteiger partial charge in [0.25, 0.3) is 0 Å². The van der Waals surface area contributed by atoms with Crippen LogP contribution in [-0.2, 0) is 4.74 Å². The van der Waals surface area contributed by atoms with Crippen LogP contribution in [0.3, 0.4) is 0 Å². The number of hydrogen-bond donors (Lipinski definition) is 1. The van der Waals surface area contributed by atoms with E-state index < -0.39 is 17.5 Å². The standard InChI is InChI=1S/C9H16F3NOS/c1-6(13)8(9(10,11)12)15-7-2-4-14-5-3-7/h6-8H,2-5,13H2,1H3. The Morgan fingerprint density at radius 2 is 1.87 bits per heavy atom. The van der Waals surface area contributed by atoms with Crippen LogP contribution in [0, 0.1) is 0 Å². The van der Waals surface area contributed by atoms with Crippen molar-refractivity contribution in [3.8, 4) is 0 Å². The van der Waals surface area contributed by atoms with E-state index in [0.717, 1.165) is 11.8 Å². The fraction of sp³-hybridized carbons (Fsp3) is 1.00. The Morgan fingerprint density at radius 1 is 1.33 bits per heavy atom. The maximum Gasteiger partial charge on any atom is 0.402 e. The van der Waals surface area contributed by atoms with Gasteiger partial charge in [0.1, 0.15) is 5.25 Å². The molecule has 6 heteroatoms. The Morgan fingerprint density at radius 3 is 2.27 bits per heavy atom. The predicted molar refractivity (Wildman–Crippen MR) is 54.9 cm³/mol. The van der Waals surface area contributed by atoms with E-state index in [1.54, 1.807) is 0 Å². The number of nitrogens with two attached hydrogens (primary N) is 1. The average molecular weight is 243 g/mol. The summed E-state index contributed by atoms with van der Waals surface area (Å²) in [5.41, 5.74) is 5.37. The monoisotopic (exact) mass is 243 g/mol. The lowest BCUT2D eigenvalue weighted by Crippen LogP contribution is -2.42. The van der Waals surface area contributed by atoms with Gasteiger partial charge in [-0.3, -0.25) is 0 Å². The second kappa shape index (κ2) is 5.41. The van der Waals surface area contributed by atoms with Gasteiger partial charge in [-0.05, 0) is 19.8 Å². The summed E-state index contributed by atoms with van der Waals surface area (Å²) in [6.45, 7) is 2.52. The second-order valence-corrected chi connectivity index (χ2v) is 5.22. The molecule has 90 valence electrons. The third-order valence-electron chi connectivity index (χ3n) is 2.31. The summed E-state index contributed by atoms with van der Waals surface area (Å²) in [7, 11) is 0. The van der Waals surface area contributed by atoms with Crippen molar-refractivity contribution in [3.05, 3.63) is 0 Å². The van der Waals surface area contributed by atoms with E-state index >= 15 is 0 Å². The summed E-state index contributed by atoms with van der Waals surface area (Å²) in [5.74, 6) is 0. The van der Waals surface area contributed by atoms with Gasteiger partial charge in [0.2, 0.25) is 0 Å². The maximum atomic E-state index is 12.6. The highest BCUT2D eigenvalue weighted by atomic mass is 32.2. The van der Waals surface area contributed by atoms with Gasteiger partial charge in [0.05, 0.1) is 0 Å². The zero-order chi connectivity index (χ0) is 11.5. The number of thioether (sulfide) groups is 1. The Balaban J connectivity index is 2.50. The molecule has 1 saturated heterocycles. The van der Waals surface area contributed by atoms with E-state index in [9.17, 15) is 13.2 Å². The Kier molecular flexibility index (Phi) is 4.73. The summed E-state index contributed by atoms with van der Waals surface area (Å²) in [5, 5.41) is -1.43. The van der Waals surface area contributed by atoms with Crippen LogP contribution >= 0.6 is 11.8 Å². The van der Waals surface area contributed by atoms with Crippen molar-refractivity contribution in [2.75, 3.05) is 13.2 Å². The first-order chi connectivity index (χ1) is 6.91. The summed E-state index contributed by atoms with van der Waals surface area (Å²) < 4.78 is 42.9. The van der Waals surface area contributed by atoms with Crippen molar-refractivity contribution in [3.63, 3.8) is 0 Å². The first-order valence-corrected chi connectivity index (χ1v) is 5.91. The van der Waals surface area contributed by atoms with Crippen LogP contribution in [0.5, 0.6) is 0 Å². The normalized spacial score (nSPS) is 23.8. The molecule has 2 atom stereocenters. The SMILES string of the molecule is CC(N)C(SC1CCOCC1)C(F)(F)F. The molecule has 15 heavy (non-hydrogen) atoms. The summed E-state index contributed by atoms with van der Waals surface area (Å²) in [4.78, 5) is 0. The number of alkyl halides is 3. The van der Waals surface area contributed by atoms with Crippen LogP contribution in [-0.4, -0.2) is 35.9 Å². The van der Waals surface area contributed by atoms with E-state index in [1.165, 1.54) is 6.92 Å². The first-order valence-electron chi connectivity index (χ1n) is 4.96. The van der Waals surface area contributed by atoms with Crippen molar-refractivity contribution >= 4 is 11.8 Å².